The van der Waals surface area contributed by atoms with Crippen molar-refractivity contribution in [3.63, 3.8) is 0 Å². The van der Waals surface area contributed by atoms with E-state index in [-0.39, 0.29) is 17.7 Å². The summed E-state index contributed by atoms with van der Waals surface area (Å²) in [5, 5.41) is 6.37. The molecule has 2 atom stereocenters. The highest BCUT2D eigenvalue weighted by Gasteiger charge is 2.33. The number of hydrogen-bond acceptors (Lipinski definition) is 4. The Labute approximate surface area is 158 Å². The van der Waals surface area contributed by atoms with E-state index in [4.69, 9.17) is 4.74 Å². The van der Waals surface area contributed by atoms with Crippen LogP contribution in [0.15, 0.2) is 79.1 Å². The Morgan fingerprint density at radius 1 is 1.00 bits per heavy atom. The van der Waals surface area contributed by atoms with Gasteiger partial charge in [-0.15, -0.1) is 0 Å². The Morgan fingerprint density at radius 3 is 2.67 bits per heavy atom. The predicted molar refractivity (Wildman–Crippen MR) is 105 cm³/mol. The summed E-state index contributed by atoms with van der Waals surface area (Å²) >= 11 is 0. The molecule has 2 aromatic carbocycles. The molecule has 0 spiro atoms. The van der Waals surface area contributed by atoms with E-state index in [2.05, 4.69) is 27.8 Å². The van der Waals surface area contributed by atoms with Crippen molar-refractivity contribution < 1.29 is 9.53 Å². The molecule has 0 radical (unpaired) electrons. The van der Waals surface area contributed by atoms with Crippen LogP contribution in [0.3, 0.4) is 0 Å². The van der Waals surface area contributed by atoms with E-state index in [0.717, 1.165) is 12.2 Å². The van der Waals surface area contributed by atoms with Gasteiger partial charge < -0.3 is 15.4 Å². The zero-order valence-corrected chi connectivity index (χ0v) is 14.8. The van der Waals surface area contributed by atoms with Crippen LogP contribution in [0.25, 0.3) is 0 Å². The van der Waals surface area contributed by atoms with E-state index in [9.17, 15) is 4.79 Å². The molecule has 2 N–H and O–H groups in total. The van der Waals surface area contributed by atoms with Crippen molar-refractivity contribution in [2.24, 2.45) is 5.92 Å². The van der Waals surface area contributed by atoms with Crippen molar-refractivity contribution in [2.45, 2.75) is 5.92 Å². The number of carbonyl (C=O) groups excluding carboxylic acids is 1. The number of nitrogens with one attached hydrogen (secondary N) is 2. The maximum Gasteiger partial charge on any atom is 0.229 e. The van der Waals surface area contributed by atoms with Gasteiger partial charge >= 0.3 is 0 Å². The Hall–Kier alpha value is -3.18. The molecular weight excluding hydrogens is 338 g/mol. The van der Waals surface area contributed by atoms with Crippen molar-refractivity contribution in [3.8, 4) is 11.5 Å². The molecule has 3 aromatic rings. The van der Waals surface area contributed by atoms with Crippen LogP contribution in [0, 0.1) is 5.92 Å². The maximum atomic E-state index is 12.9. The molecule has 2 unspecified atom stereocenters. The molecule has 1 fully saturated rings. The molecule has 1 amide bonds. The Kier molecular flexibility index (Phi) is 5.12. The number of carbonyl (C=O) groups is 1. The summed E-state index contributed by atoms with van der Waals surface area (Å²) in [6.45, 7) is 1.49. The number of amides is 1. The minimum Gasteiger partial charge on any atom is -0.456 e. The average molecular weight is 359 g/mol. The van der Waals surface area contributed by atoms with Crippen molar-refractivity contribution in [1.29, 1.82) is 0 Å². The van der Waals surface area contributed by atoms with Gasteiger partial charge in [-0.2, -0.15) is 0 Å². The smallest absolute Gasteiger partial charge is 0.229 e. The van der Waals surface area contributed by atoms with Crippen LogP contribution in [0.1, 0.15) is 11.5 Å². The van der Waals surface area contributed by atoms with Crippen LogP contribution < -0.4 is 15.4 Å². The molecule has 1 aliphatic heterocycles. The molecular formula is C22H21N3O2. The molecule has 0 aliphatic carbocycles. The first kappa shape index (κ1) is 17.2. The van der Waals surface area contributed by atoms with E-state index in [1.54, 1.807) is 12.4 Å². The van der Waals surface area contributed by atoms with Gasteiger partial charge in [0.05, 0.1) is 12.1 Å². The highest BCUT2D eigenvalue weighted by molar-refractivity contribution is 5.93. The SMILES string of the molecule is O=C(Nc1cccc(Oc2cccnc2)c1)C1CNCC1c1ccccc1. The predicted octanol–water partition coefficient (Wildman–Crippen LogP) is 3.82. The second-order valence-electron chi connectivity index (χ2n) is 6.59. The summed E-state index contributed by atoms with van der Waals surface area (Å²) in [5.41, 5.74) is 1.91. The molecule has 5 heteroatoms. The normalized spacial score (nSPS) is 18.8. The molecule has 4 rings (SSSR count). The minimum atomic E-state index is -0.102. The molecule has 27 heavy (non-hydrogen) atoms. The molecule has 1 aromatic heterocycles. The summed E-state index contributed by atoms with van der Waals surface area (Å²) in [5.74, 6) is 1.42. The highest BCUT2D eigenvalue weighted by Crippen LogP contribution is 2.30. The molecule has 0 saturated carbocycles. The van der Waals surface area contributed by atoms with E-state index >= 15 is 0 Å². The highest BCUT2D eigenvalue weighted by atomic mass is 16.5. The third kappa shape index (κ3) is 4.15. The number of aromatic nitrogens is 1. The van der Waals surface area contributed by atoms with Crippen molar-refractivity contribution in [2.75, 3.05) is 18.4 Å². The fraction of sp³-hybridized carbons (Fsp3) is 0.182. The molecule has 1 aliphatic rings. The van der Waals surface area contributed by atoms with Crippen molar-refractivity contribution in [3.05, 3.63) is 84.7 Å². The molecule has 0 bridgehead atoms. The van der Waals surface area contributed by atoms with E-state index in [0.29, 0.717) is 18.0 Å². The molecule has 2 heterocycles. The van der Waals surface area contributed by atoms with Crippen molar-refractivity contribution >= 4 is 11.6 Å². The van der Waals surface area contributed by atoms with Gasteiger partial charge in [-0.3, -0.25) is 9.78 Å². The zero-order chi connectivity index (χ0) is 18.5. The van der Waals surface area contributed by atoms with Gasteiger partial charge in [0.25, 0.3) is 0 Å². The largest absolute Gasteiger partial charge is 0.456 e. The third-order valence-corrected chi connectivity index (χ3v) is 4.75. The van der Waals surface area contributed by atoms with Gasteiger partial charge in [0, 0.05) is 37.0 Å². The van der Waals surface area contributed by atoms with Gasteiger partial charge in [0.15, 0.2) is 0 Å². The Balaban J connectivity index is 1.45. The number of hydrogen-bond donors (Lipinski definition) is 2. The van der Waals surface area contributed by atoms with Gasteiger partial charge in [-0.05, 0) is 29.8 Å². The number of benzene rings is 2. The minimum absolute atomic E-state index is 0.0207. The number of nitrogens with zero attached hydrogens (tertiary/aromatic N) is 1. The second kappa shape index (κ2) is 8.01. The lowest BCUT2D eigenvalue weighted by Gasteiger charge is -2.19. The lowest BCUT2D eigenvalue weighted by atomic mass is 9.88. The number of anilines is 1. The number of rotatable bonds is 5. The lowest BCUT2D eigenvalue weighted by Crippen LogP contribution is -2.28. The lowest BCUT2D eigenvalue weighted by molar-refractivity contribution is -0.119. The topological polar surface area (TPSA) is 63.2 Å². The quantitative estimate of drug-likeness (QED) is 0.727. The summed E-state index contributed by atoms with van der Waals surface area (Å²) in [7, 11) is 0. The van der Waals surface area contributed by atoms with Crippen LogP contribution in [-0.2, 0) is 4.79 Å². The fourth-order valence-electron chi connectivity index (χ4n) is 3.42. The van der Waals surface area contributed by atoms with Crippen LogP contribution in [0.5, 0.6) is 11.5 Å². The Bertz CT molecular complexity index is 900. The van der Waals surface area contributed by atoms with Crippen molar-refractivity contribution in [1.82, 2.24) is 10.3 Å². The summed E-state index contributed by atoms with van der Waals surface area (Å²) < 4.78 is 5.79. The summed E-state index contributed by atoms with van der Waals surface area (Å²) in [4.78, 5) is 16.9. The first-order valence-corrected chi connectivity index (χ1v) is 9.04. The van der Waals surface area contributed by atoms with Gasteiger partial charge in [0.1, 0.15) is 11.5 Å². The standard InChI is InChI=1S/C22H21N3O2/c26-22(21-15-24-14-20(21)16-6-2-1-3-7-16)25-17-8-4-9-18(12-17)27-19-10-5-11-23-13-19/h1-13,20-21,24H,14-15H2,(H,25,26). The summed E-state index contributed by atoms with van der Waals surface area (Å²) in [6.07, 6.45) is 3.35. The average Bonchev–Trinajstić information content (AvgIpc) is 3.20. The van der Waals surface area contributed by atoms with E-state index in [1.807, 2.05) is 54.6 Å². The number of pyridine rings is 1. The maximum absolute atomic E-state index is 12.9. The monoisotopic (exact) mass is 359 g/mol. The zero-order valence-electron chi connectivity index (χ0n) is 14.8. The first-order valence-electron chi connectivity index (χ1n) is 9.04. The number of ether oxygens (including phenoxy) is 1. The van der Waals surface area contributed by atoms with E-state index in [1.165, 1.54) is 5.56 Å². The molecule has 5 nitrogen and oxygen atoms in total. The van der Waals surface area contributed by atoms with E-state index < -0.39 is 0 Å². The third-order valence-electron chi connectivity index (χ3n) is 4.75. The summed E-state index contributed by atoms with van der Waals surface area (Å²) in [6, 6.07) is 21.3. The van der Waals surface area contributed by atoms with Crippen LogP contribution in [-0.4, -0.2) is 24.0 Å². The fourth-order valence-corrected chi connectivity index (χ4v) is 3.42. The first-order chi connectivity index (χ1) is 13.3. The van der Waals surface area contributed by atoms with Gasteiger partial charge in [0.2, 0.25) is 5.91 Å². The molecule has 136 valence electrons. The van der Waals surface area contributed by atoms with Crippen LogP contribution >= 0.6 is 0 Å². The van der Waals surface area contributed by atoms with Crippen LogP contribution in [0.2, 0.25) is 0 Å². The second-order valence-corrected chi connectivity index (χ2v) is 6.59. The molecule has 1 saturated heterocycles. The Morgan fingerprint density at radius 2 is 1.85 bits per heavy atom. The van der Waals surface area contributed by atoms with Gasteiger partial charge in [-0.25, -0.2) is 0 Å². The van der Waals surface area contributed by atoms with Crippen LogP contribution in [0.4, 0.5) is 5.69 Å². The van der Waals surface area contributed by atoms with Gasteiger partial charge in [-0.1, -0.05) is 36.4 Å².